The summed E-state index contributed by atoms with van der Waals surface area (Å²) in [7, 11) is 0. The van der Waals surface area contributed by atoms with Crippen molar-refractivity contribution in [2.75, 3.05) is 6.61 Å². The van der Waals surface area contributed by atoms with Crippen LogP contribution in [0.15, 0.2) is 22.9 Å². The molecule has 0 fully saturated rings. The zero-order valence-corrected chi connectivity index (χ0v) is 11.9. The van der Waals surface area contributed by atoms with Gasteiger partial charge in [0.15, 0.2) is 0 Å². The molecule has 0 aliphatic heterocycles. The summed E-state index contributed by atoms with van der Waals surface area (Å²) < 4.78 is 5.11. The van der Waals surface area contributed by atoms with Gasteiger partial charge in [-0.2, -0.15) is 0 Å². The summed E-state index contributed by atoms with van der Waals surface area (Å²) in [6, 6.07) is 4.03. The minimum absolute atomic E-state index is 0.188. The van der Waals surface area contributed by atoms with Crippen molar-refractivity contribution in [2.45, 2.75) is 26.2 Å². The molecule has 0 bridgehead atoms. The number of thiophene rings is 1. The first-order chi connectivity index (χ1) is 8.79. The average Bonchev–Trinajstić information content (AvgIpc) is 2.98. The molecule has 0 saturated heterocycles. The molecule has 2 aromatic rings. The Balaban J connectivity index is 1.89. The Labute approximate surface area is 114 Å². The number of hydrogen-bond acceptors (Lipinski definition) is 5. The number of nitrogens with zero attached hydrogens (tertiary/aromatic N) is 1. The molecule has 0 spiro atoms. The molecule has 0 N–H and O–H groups in total. The van der Waals surface area contributed by atoms with E-state index in [-0.39, 0.29) is 12.4 Å². The molecule has 2 rings (SSSR count). The Morgan fingerprint density at radius 3 is 3.06 bits per heavy atom. The van der Waals surface area contributed by atoms with Gasteiger partial charge in [-0.05, 0) is 17.9 Å². The van der Waals surface area contributed by atoms with E-state index in [9.17, 15) is 4.79 Å². The van der Waals surface area contributed by atoms with Gasteiger partial charge in [0, 0.05) is 5.38 Å². The van der Waals surface area contributed by atoms with Crippen molar-refractivity contribution in [1.29, 1.82) is 0 Å². The molecule has 0 aliphatic rings. The third-order valence-electron chi connectivity index (χ3n) is 2.37. The average molecular weight is 281 g/mol. The largest absolute Gasteiger partial charge is 0.465 e. The molecule has 2 aromatic heterocycles. The van der Waals surface area contributed by atoms with Crippen LogP contribution in [0.3, 0.4) is 0 Å². The van der Waals surface area contributed by atoms with E-state index in [2.05, 4.69) is 11.9 Å². The van der Waals surface area contributed by atoms with Crippen LogP contribution in [0.25, 0.3) is 9.88 Å². The summed E-state index contributed by atoms with van der Waals surface area (Å²) in [5.74, 6) is -0.188. The van der Waals surface area contributed by atoms with Gasteiger partial charge in [-0.1, -0.05) is 19.4 Å². The topological polar surface area (TPSA) is 39.2 Å². The highest BCUT2D eigenvalue weighted by Gasteiger charge is 2.10. The van der Waals surface area contributed by atoms with E-state index < -0.39 is 0 Å². The summed E-state index contributed by atoms with van der Waals surface area (Å²) in [6.07, 6.45) is 2.22. The molecule has 18 heavy (non-hydrogen) atoms. The normalized spacial score (nSPS) is 10.5. The van der Waals surface area contributed by atoms with Crippen LogP contribution < -0.4 is 0 Å². The maximum atomic E-state index is 11.5. The predicted molar refractivity (Wildman–Crippen MR) is 75.0 cm³/mol. The van der Waals surface area contributed by atoms with Crippen LogP contribution in [-0.4, -0.2) is 17.6 Å². The number of thiazole rings is 1. The number of carbonyl (C=O) groups excluding carboxylic acids is 1. The standard InChI is InChI=1S/C13H15NO2S2/c1-2-3-6-16-12(15)8-10-9-18-13(14-10)11-5-4-7-17-11/h4-5,7,9H,2-3,6,8H2,1H3. The third-order valence-corrected chi connectivity index (χ3v) is 4.30. The van der Waals surface area contributed by atoms with Gasteiger partial charge in [0.1, 0.15) is 5.01 Å². The highest BCUT2D eigenvalue weighted by atomic mass is 32.1. The van der Waals surface area contributed by atoms with Crippen LogP contribution in [0.4, 0.5) is 0 Å². The zero-order chi connectivity index (χ0) is 12.8. The molecule has 0 aromatic carbocycles. The van der Waals surface area contributed by atoms with Gasteiger partial charge in [0.25, 0.3) is 0 Å². The lowest BCUT2D eigenvalue weighted by Crippen LogP contribution is -2.09. The molecule has 96 valence electrons. The first-order valence-corrected chi connectivity index (χ1v) is 7.69. The van der Waals surface area contributed by atoms with Gasteiger partial charge >= 0.3 is 5.97 Å². The molecule has 0 amide bonds. The summed E-state index contributed by atoms with van der Waals surface area (Å²) in [6.45, 7) is 2.58. The number of carbonyl (C=O) groups is 1. The van der Waals surface area contributed by atoms with Crippen LogP contribution in [0.5, 0.6) is 0 Å². The van der Waals surface area contributed by atoms with Crippen LogP contribution in [0, 0.1) is 0 Å². The lowest BCUT2D eigenvalue weighted by atomic mass is 10.3. The number of unbranched alkanes of at least 4 members (excludes halogenated alkanes) is 1. The number of ether oxygens (including phenoxy) is 1. The molecule has 5 heteroatoms. The fourth-order valence-electron chi connectivity index (χ4n) is 1.43. The van der Waals surface area contributed by atoms with Crippen molar-refractivity contribution in [1.82, 2.24) is 4.98 Å². The first-order valence-electron chi connectivity index (χ1n) is 5.93. The van der Waals surface area contributed by atoms with Crippen molar-refractivity contribution < 1.29 is 9.53 Å². The zero-order valence-electron chi connectivity index (χ0n) is 10.2. The Bertz CT molecular complexity index is 491. The van der Waals surface area contributed by atoms with Gasteiger partial charge < -0.3 is 4.74 Å². The van der Waals surface area contributed by atoms with E-state index in [1.54, 1.807) is 22.7 Å². The Hall–Kier alpha value is -1.20. The molecule has 0 aliphatic carbocycles. The molecular formula is C13H15NO2S2. The molecular weight excluding hydrogens is 266 g/mol. The molecule has 2 heterocycles. The van der Waals surface area contributed by atoms with E-state index in [1.165, 1.54) is 0 Å². The summed E-state index contributed by atoms with van der Waals surface area (Å²) in [5.41, 5.74) is 0.796. The Morgan fingerprint density at radius 1 is 1.44 bits per heavy atom. The minimum atomic E-state index is -0.188. The number of rotatable bonds is 6. The number of aromatic nitrogens is 1. The Kier molecular flexibility index (Phi) is 4.90. The smallest absolute Gasteiger partial charge is 0.311 e. The number of hydrogen-bond donors (Lipinski definition) is 0. The van der Waals surface area contributed by atoms with Crippen molar-refractivity contribution in [3.8, 4) is 9.88 Å². The summed E-state index contributed by atoms with van der Waals surface area (Å²) >= 11 is 3.23. The third kappa shape index (κ3) is 3.65. The van der Waals surface area contributed by atoms with E-state index in [0.717, 1.165) is 28.4 Å². The monoisotopic (exact) mass is 281 g/mol. The number of esters is 1. The second-order valence-electron chi connectivity index (χ2n) is 3.87. The minimum Gasteiger partial charge on any atom is -0.465 e. The van der Waals surface area contributed by atoms with Crippen LogP contribution in [0.2, 0.25) is 0 Å². The lowest BCUT2D eigenvalue weighted by Gasteiger charge is -2.01. The van der Waals surface area contributed by atoms with Crippen molar-refractivity contribution in [2.24, 2.45) is 0 Å². The fraction of sp³-hybridized carbons (Fsp3) is 0.385. The highest BCUT2D eigenvalue weighted by molar-refractivity contribution is 7.20. The second-order valence-corrected chi connectivity index (χ2v) is 5.68. The maximum absolute atomic E-state index is 11.5. The van der Waals surface area contributed by atoms with Crippen molar-refractivity contribution >= 4 is 28.6 Å². The maximum Gasteiger partial charge on any atom is 0.311 e. The van der Waals surface area contributed by atoms with Gasteiger partial charge in [-0.25, -0.2) is 4.98 Å². The summed E-state index contributed by atoms with van der Waals surface area (Å²) in [5, 5.41) is 4.92. The molecule has 3 nitrogen and oxygen atoms in total. The van der Waals surface area contributed by atoms with E-state index in [4.69, 9.17) is 4.74 Å². The van der Waals surface area contributed by atoms with Gasteiger partial charge in [-0.15, -0.1) is 22.7 Å². The second kappa shape index (κ2) is 6.66. The highest BCUT2D eigenvalue weighted by Crippen LogP contribution is 2.27. The van der Waals surface area contributed by atoms with Crippen LogP contribution in [-0.2, 0) is 16.0 Å². The van der Waals surface area contributed by atoms with Crippen LogP contribution in [0.1, 0.15) is 25.5 Å². The fourth-order valence-corrected chi connectivity index (χ4v) is 3.06. The molecule has 0 radical (unpaired) electrons. The van der Waals surface area contributed by atoms with E-state index in [1.807, 2.05) is 22.9 Å². The van der Waals surface area contributed by atoms with Crippen LogP contribution >= 0.6 is 22.7 Å². The van der Waals surface area contributed by atoms with Gasteiger partial charge in [-0.3, -0.25) is 4.79 Å². The molecule has 0 saturated carbocycles. The Morgan fingerprint density at radius 2 is 2.33 bits per heavy atom. The van der Waals surface area contributed by atoms with Gasteiger partial charge in [0.05, 0.1) is 23.6 Å². The van der Waals surface area contributed by atoms with Crippen molar-refractivity contribution in [3.05, 3.63) is 28.6 Å². The molecule has 0 atom stereocenters. The lowest BCUT2D eigenvalue weighted by molar-refractivity contribution is -0.142. The SMILES string of the molecule is CCCCOC(=O)Cc1csc(-c2cccs2)n1. The van der Waals surface area contributed by atoms with E-state index in [0.29, 0.717) is 6.61 Å². The van der Waals surface area contributed by atoms with Crippen molar-refractivity contribution in [3.63, 3.8) is 0 Å². The quantitative estimate of drug-likeness (QED) is 0.598. The predicted octanol–water partition coefficient (Wildman–Crippen LogP) is 3.76. The first kappa shape index (κ1) is 13.2. The van der Waals surface area contributed by atoms with E-state index >= 15 is 0 Å². The molecule has 0 unspecified atom stereocenters. The van der Waals surface area contributed by atoms with Gasteiger partial charge in [0.2, 0.25) is 0 Å². The summed E-state index contributed by atoms with van der Waals surface area (Å²) in [4.78, 5) is 17.1.